The first-order valence-corrected chi connectivity index (χ1v) is 9.45. The van der Waals surface area contributed by atoms with Gasteiger partial charge in [-0.1, -0.05) is 41.9 Å². The molecule has 2 rings (SSSR count). The lowest BCUT2D eigenvalue weighted by atomic mass is 10.0. The van der Waals surface area contributed by atoms with Gasteiger partial charge in [-0.05, 0) is 41.8 Å². The third kappa shape index (κ3) is 6.45. The summed E-state index contributed by atoms with van der Waals surface area (Å²) < 4.78 is 17.0. The molecule has 0 aliphatic carbocycles. The number of methoxy groups -OCH3 is 1. The second-order valence-corrected chi connectivity index (χ2v) is 7.08. The molecule has 2 aromatic carbocycles. The molecule has 0 atom stereocenters. The number of carbonyl (C=O) groups is 2. The molecular formula is C20H23BrN2O5. The largest absolute Gasteiger partial charge is 0.493 e. The molecule has 0 radical (unpaired) electrons. The normalized spacial score (nSPS) is 10.3. The van der Waals surface area contributed by atoms with Crippen LogP contribution >= 0.6 is 15.9 Å². The van der Waals surface area contributed by atoms with Crippen molar-refractivity contribution in [3.05, 3.63) is 52.5 Å². The average molecular weight is 451 g/mol. The fraction of sp³-hybridized carbons (Fsp3) is 0.300. The predicted molar refractivity (Wildman–Crippen MR) is 109 cm³/mol. The summed E-state index contributed by atoms with van der Waals surface area (Å²) in [7, 11) is 1.51. The summed E-state index contributed by atoms with van der Waals surface area (Å²) >= 11 is 3.42. The first-order valence-electron chi connectivity index (χ1n) is 8.66. The Kier molecular flexibility index (Phi) is 8.13. The van der Waals surface area contributed by atoms with E-state index < -0.39 is 11.8 Å². The standard InChI is InChI=1S/C20H23BrN2O5/c1-13(2)15-10-14(21)8-9-16(15)27-11-19(24)22-23-20(25)12-28-18-7-5-4-6-17(18)26-3/h4-10,13H,11-12H2,1-3H3,(H,22,24)(H,23,25). The molecular weight excluding hydrogens is 428 g/mol. The molecule has 0 aromatic heterocycles. The van der Waals surface area contributed by atoms with Crippen molar-refractivity contribution in [3.8, 4) is 17.2 Å². The number of rotatable bonds is 8. The molecule has 0 saturated carbocycles. The van der Waals surface area contributed by atoms with Crippen molar-refractivity contribution < 1.29 is 23.8 Å². The zero-order valence-corrected chi connectivity index (χ0v) is 17.5. The smallest absolute Gasteiger partial charge is 0.276 e. The summed E-state index contributed by atoms with van der Waals surface area (Å²) in [4.78, 5) is 23.8. The maximum absolute atomic E-state index is 11.9. The Morgan fingerprint density at radius 2 is 1.50 bits per heavy atom. The van der Waals surface area contributed by atoms with Gasteiger partial charge >= 0.3 is 0 Å². The van der Waals surface area contributed by atoms with E-state index in [1.54, 1.807) is 30.3 Å². The third-order valence-corrected chi connectivity index (χ3v) is 4.22. The van der Waals surface area contributed by atoms with Gasteiger partial charge in [0.25, 0.3) is 11.8 Å². The summed E-state index contributed by atoms with van der Waals surface area (Å²) in [5.74, 6) is 0.824. The lowest BCUT2D eigenvalue weighted by Gasteiger charge is -2.15. The van der Waals surface area contributed by atoms with Crippen molar-refractivity contribution in [1.82, 2.24) is 10.9 Å². The minimum absolute atomic E-state index is 0.227. The molecule has 0 spiro atoms. The lowest BCUT2D eigenvalue weighted by molar-refractivity contribution is -0.131. The molecule has 150 valence electrons. The van der Waals surface area contributed by atoms with Gasteiger partial charge in [0.05, 0.1) is 7.11 Å². The van der Waals surface area contributed by atoms with Crippen LogP contribution < -0.4 is 25.1 Å². The number of hydrogen-bond acceptors (Lipinski definition) is 5. The number of ether oxygens (including phenoxy) is 3. The molecule has 0 aliphatic rings. The van der Waals surface area contributed by atoms with Crippen LogP contribution in [0.15, 0.2) is 46.9 Å². The van der Waals surface area contributed by atoms with E-state index in [1.165, 1.54) is 7.11 Å². The van der Waals surface area contributed by atoms with Crippen LogP contribution in [0.3, 0.4) is 0 Å². The van der Waals surface area contributed by atoms with Crippen LogP contribution in [0.5, 0.6) is 17.2 Å². The summed E-state index contributed by atoms with van der Waals surface area (Å²) in [6.07, 6.45) is 0. The summed E-state index contributed by atoms with van der Waals surface area (Å²) in [5.41, 5.74) is 5.56. The van der Waals surface area contributed by atoms with E-state index in [1.807, 2.05) is 26.0 Å². The van der Waals surface area contributed by atoms with Crippen molar-refractivity contribution in [1.29, 1.82) is 0 Å². The molecule has 7 nitrogen and oxygen atoms in total. The number of para-hydroxylation sites is 2. The quantitative estimate of drug-likeness (QED) is 0.603. The van der Waals surface area contributed by atoms with Gasteiger partial charge < -0.3 is 14.2 Å². The van der Waals surface area contributed by atoms with Gasteiger partial charge in [-0.3, -0.25) is 20.4 Å². The third-order valence-electron chi connectivity index (χ3n) is 3.72. The maximum Gasteiger partial charge on any atom is 0.276 e. The Hall–Kier alpha value is -2.74. The molecule has 8 heteroatoms. The van der Waals surface area contributed by atoms with Gasteiger partial charge in [-0.2, -0.15) is 0 Å². The van der Waals surface area contributed by atoms with Gasteiger partial charge in [0, 0.05) is 4.47 Å². The number of hydrazine groups is 1. The SMILES string of the molecule is COc1ccccc1OCC(=O)NNC(=O)COc1ccc(Br)cc1C(C)C. The van der Waals surface area contributed by atoms with E-state index in [9.17, 15) is 9.59 Å². The summed E-state index contributed by atoms with van der Waals surface area (Å²) in [5, 5.41) is 0. The number of nitrogens with one attached hydrogen (secondary N) is 2. The Bertz CT molecular complexity index is 826. The number of halogens is 1. The predicted octanol–water partition coefficient (Wildman–Crippen LogP) is 3.19. The van der Waals surface area contributed by atoms with Crippen LogP contribution in [0, 0.1) is 0 Å². The molecule has 2 aromatic rings. The highest BCUT2D eigenvalue weighted by atomic mass is 79.9. The zero-order valence-electron chi connectivity index (χ0n) is 16.0. The van der Waals surface area contributed by atoms with Crippen molar-refractivity contribution in [3.63, 3.8) is 0 Å². The van der Waals surface area contributed by atoms with Crippen LogP contribution in [-0.2, 0) is 9.59 Å². The number of benzene rings is 2. The fourth-order valence-corrected chi connectivity index (χ4v) is 2.72. The van der Waals surface area contributed by atoms with E-state index in [-0.39, 0.29) is 19.1 Å². The highest BCUT2D eigenvalue weighted by Crippen LogP contribution is 2.29. The molecule has 0 aliphatic heterocycles. The van der Waals surface area contributed by atoms with E-state index in [4.69, 9.17) is 14.2 Å². The molecule has 0 saturated heterocycles. The number of amides is 2. The van der Waals surface area contributed by atoms with Crippen molar-refractivity contribution in [2.45, 2.75) is 19.8 Å². The molecule has 0 heterocycles. The lowest BCUT2D eigenvalue weighted by Crippen LogP contribution is -2.45. The van der Waals surface area contributed by atoms with Crippen molar-refractivity contribution in [2.75, 3.05) is 20.3 Å². The van der Waals surface area contributed by atoms with E-state index in [2.05, 4.69) is 26.8 Å². The Balaban J connectivity index is 1.77. The number of hydrogen-bond donors (Lipinski definition) is 2. The zero-order chi connectivity index (χ0) is 20.5. The summed E-state index contributed by atoms with van der Waals surface area (Å²) in [6, 6.07) is 12.6. The van der Waals surface area contributed by atoms with Gasteiger partial charge in [-0.15, -0.1) is 0 Å². The molecule has 0 fully saturated rings. The van der Waals surface area contributed by atoms with Crippen LogP contribution in [-0.4, -0.2) is 32.1 Å². The Morgan fingerprint density at radius 3 is 2.07 bits per heavy atom. The minimum Gasteiger partial charge on any atom is -0.493 e. The van der Waals surface area contributed by atoms with E-state index in [0.717, 1.165) is 10.0 Å². The first kappa shape index (κ1) is 21.6. The van der Waals surface area contributed by atoms with Gasteiger partial charge in [0.1, 0.15) is 5.75 Å². The van der Waals surface area contributed by atoms with Gasteiger partial charge in [-0.25, -0.2) is 0 Å². The van der Waals surface area contributed by atoms with Crippen LogP contribution in [0.2, 0.25) is 0 Å². The number of carbonyl (C=O) groups excluding carboxylic acids is 2. The topological polar surface area (TPSA) is 85.9 Å². The van der Waals surface area contributed by atoms with Gasteiger partial charge in [0.2, 0.25) is 0 Å². The summed E-state index contributed by atoms with van der Waals surface area (Å²) in [6.45, 7) is 3.58. The van der Waals surface area contributed by atoms with E-state index >= 15 is 0 Å². The Morgan fingerprint density at radius 1 is 0.929 bits per heavy atom. The minimum atomic E-state index is -0.509. The highest BCUT2D eigenvalue weighted by molar-refractivity contribution is 9.10. The molecule has 2 N–H and O–H groups in total. The highest BCUT2D eigenvalue weighted by Gasteiger charge is 2.12. The van der Waals surface area contributed by atoms with Crippen LogP contribution in [0.1, 0.15) is 25.3 Å². The van der Waals surface area contributed by atoms with Gasteiger partial charge in [0.15, 0.2) is 24.7 Å². The fourth-order valence-electron chi connectivity index (χ4n) is 2.34. The maximum atomic E-state index is 11.9. The monoisotopic (exact) mass is 450 g/mol. The van der Waals surface area contributed by atoms with Crippen LogP contribution in [0.4, 0.5) is 0 Å². The second-order valence-electron chi connectivity index (χ2n) is 6.16. The first-order chi connectivity index (χ1) is 13.4. The molecule has 0 bridgehead atoms. The van der Waals surface area contributed by atoms with Crippen molar-refractivity contribution >= 4 is 27.7 Å². The average Bonchev–Trinajstić information content (AvgIpc) is 2.69. The molecule has 0 unspecified atom stereocenters. The van der Waals surface area contributed by atoms with Crippen molar-refractivity contribution in [2.24, 2.45) is 0 Å². The van der Waals surface area contributed by atoms with E-state index in [0.29, 0.717) is 17.2 Å². The molecule has 2 amide bonds. The second kappa shape index (κ2) is 10.6. The Labute approximate surface area is 172 Å². The van der Waals surface area contributed by atoms with Crippen LogP contribution in [0.25, 0.3) is 0 Å². The molecule has 28 heavy (non-hydrogen) atoms.